The summed E-state index contributed by atoms with van der Waals surface area (Å²) in [5.41, 5.74) is 1.05. The van der Waals surface area contributed by atoms with Gasteiger partial charge in [-0.15, -0.1) is 11.3 Å². The molecule has 136 valence electrons. The van der Waals surface area contributed by atoms with Crippen molar-refractivity contribution in [2.24, 2.45) is 0 Å². The Bertz CT molecular complexity index is 802. The van der Waals surface area contributed by atoms with E-state index in [-0.39, 0.29) is 12.1 Å². The van der Waals surface area contributed by atoms with E-state index in [0.717, 1.165) is 29.2 Å². The second-order valence-electron chi connectivity index (χ2n) is 6.16. The van der Waals surface area contributed by atoms with E-state index >= 15 is 0 Å². The molecule has 25 heavy (non-hydrogen) atoms. The maximum absolute atomic E-state index is 11.5. The molecule has 6 nitrogen and oxygen atoms in total. The second-order valence-corrected chi connectivity index (χ2v) is 9.17. The first-order valence-corrected chi connectivity index (χ1v) is 10.9. The van der Waals surface area contributed by atoms with E-state index in [0.29, 0.717) is 13.2 Å². The van der Waals surface area contributed by atoms with Crippen LogP contribution in [-0.4, -0.2) is 45.0 Å². The van der Waals surface area contributed by atoms with Gasteiger partial charge in [0, 0.05) is 23.2 Å². The Hall–Kier alpha value is -1.48. The maximum atomic E-state index is 11.5. The average Bonchev–Trinajstić information content (AvgIpc) is 3.00. The lowest BCUT2D eigenvalue weighted by atomic mass is 10.0. The molecule has 1 N–H and O–H groups in total. The highest BCUT2D eigenvalue weighted by Crippen LogP contribution is 2.26. The van der Waals surface area contributed by atoms with Gasteiger partial charge in [-0.05, 0) is 44.0 Å². The fourth-order valence-electron chi connectivity index (χ4n) is 2.77. The molecule has 0 aliphatic carbocycles. The first kappa shape index (κ1) is 18.3. The Kier molecular flexibility index (Phi) is 5.73. The molecule has 3 rings (SSSR count). The SMILES string of the molecule is Cc1cnc(-c2ccc(OCC3OCCCC3NS(C)(=O)=O)cc2)s1. The third-order valence-corrected chi connectivity index (χ3v) is 5.64. The summed E-state index contributed by atoms with van der Waals surface area (Å²) in [4.78, 5) is 5.55. The van der Waals surface area contributed by atoms with E-state index in [1.807, 2.05) is 37.4 Å². The minimum absolute atomic E-state index is 0.249. The van der Waals surface area contributed by atoms with Crippen LogP contribution in [0.3, 0.4) is 0 Å². The Morgan fingerprint density at radius 1 is 1.36 bits per heavy atom. The van der Waals surface area contributed by atoms with Crippen LogP contribution in [0.5, 0.6) is 5.75 Å². The number of hydrogen-bond acceptors (Lipinski definition) is 6. The Labute approximate surface area is 152 Å². The summed E-state index contributed by atoms with van der Waals surface area (Å²) >= 11 is 1.65. The number of nitrogens with one attached hydrogen (secondary N) is 1. The van der Waals surface area contributed by atoms with Gasteiger partial charge in [0.05, 0.1) is 12.3 Å². The van der Waals surface area contributed by atoms with Gasteiger partial charge in [-0.1, -0.05) is 0 Å². The molecule has 1 aliphatic rings. The molecule has 1 aromatic heterocycles. The van der Waals surface area contributed by atoms with Crippen LogP contribution in [0.4, 0.5) is 0 Å². The fraction of sp³-hybridized carbons (Fsp3) is 0.471. The molecule has 0 saturated carbocycles. The molecule has 1 saturated heterocycles. The summed E-state index contributed by atoms with van der Waals surface area (Å²) in [6, 6.07) is 7.49. The number of sulfonamides is 1. The molecule has 0 bridgehead atoms. The number of aryl methyl sites for hydroxylation is 1. The molecule has 2 atom stereocenters. The van der Waals surface area contributed by atoms with Gasteiger partial charge in [0.25, 0.3) is 0 Å². The lowest BCUT2D eigenvalue weighted by Gasteiger charge is -2.31. The van der Waals surface area contributed by atoms with Gasteiger partial charge < -0.3 is 9.47 Å². The van der Waals surface area contributed by atoms with Crippen LogP contribution >= 0.6 is 11.3 Å². The van der Waals surface area contributed by atoms with Gasteiger partial charge >= 0.3 is 0 Å². The van der Waals surface area contributed by atoms with Crippen LogP contribution in [-0.2, 0) is 14.8 Å². The van der Waals surface area contributed by atoms with Gasteiger partial charge in [0.1, 0.15) is 23.5 Å². The van der Waals surface area contributed by atoms with Crippen LogP contribution < -0.4 is 9.46 Å². The van der Waals surface area contributed by atoms with Crippen molar-refractivity contribution in [2.75, 3.05) is 19.5 Å². The van der Waals surface area contributed by atoms with Crippen molar-refractivity contribution in [2.45, 2.75) is 31.9 Å². The van der Waals surface area contributed by atoms with E-state index in [9.17, 15) is 8.42 Å². The van der Waals surface area contributed by atoms with Gasteiger partial charge in [0.15, 0.2) is 0 Å². The molecular weight excluding hydrogens is 360 g/mol. The second kappa shape index (κ2) is 7.82. The van der Waals surface area contributed by atoms with Gasteiger partial charge in [-0.25, -0.2) is 18.1 Å². The van der Waals surface area contributed by atoms with Crippen LogP contribution in [0, 0.1) is 6.92 Å². The first-order chi connectivity index (χ1) is 11.9. The Morgan fingerprint density at radius 2 is 2.12 bits per heavy atom. The monoisotopic (exact) mass is 382 g/mol. The minimum atomic E-state index is -3.27. The van der Waals surface area contributed by atoms with Crippen LogP contribution in [0.1, 0.15) is 17.7 Å². The molecule has 0 spiro atoms. The van der Waals surface area contributed by atoms with Crippen LogP contribution in [0.2, 0.25) is 0 Å². The molecule has 8 heteroatoms. The Balaban J connectivity index is 1.60. The average molecular weight is 383 g/mol. The number of hydrogen-bond donors (Lipinski definition) is 1. The number of thiazole rings is 1. The highest BCUT2D eigenvalue weighted by molar-refractivity contribution is 7.88. The fourth-order valence-corrected chi connectivity index (χ4v) is 4.36. The number of rotatable bonds is 6. The van der Waals surface area contributed by atoms with E-state index in [2.05, 4.69) is 9.71 Å². The smallest absolute Gasteiger partial charge is 0.209 e. The summed E-state index contributed by atoms with van der Waals surface area (Å²) in [5.74, 6) is 0.726. The maximum Gasteiger partial charge on any atom is 0.209 e. The molecule has 1 aromatic carbocycles. The summed E-state index contributed by atoms with van der Waals surface area (Å²) in [6.07, 6.45) is 4.33. The van der Waals surface area contributed by atoms with Gasteiger partial charge in [-0.2, -0.15) is 0 Å². The molecule has 1 aliphatic heterocycles. The summed E-state index contributed by atoms with van der Waals surface area (Å²) < 4.78 is 37.1. The topological polar surface area (TPSA) is 77.5 Å². The first-order valence-electron chi connectivity index (χ1n) is 8.15. The quantitative estimate of drug-likeness (QED) is 0.831. The molecule has 2 aromatic rings. The normalized spacial score (nSPS) is 21.2. The van der Waals surface area contributed by atoms with E-state index in [1.54, 1.807) is 11.3 Å². The third kappa shape index (κ3) is 5.24. The third-order valence-electron chi connectivity index (χ3n) is 3.94. The number of nitrogens with zero attached hydrogens (tertiary/aromatic N) is 1. The highest BCUT2D eigenvalue weighted by atomic mass is 32.2. The summed E-state index contributed by atoms with van der Waals surface area (Å²) in [6.45, 7) is 2.96. The number of aromatic nitrogens is 1. The van der Waals surface area contributed by atoms with Crippen molar-refractivity contribution in [1.82, 2.24) is 9.71 Å². The Morgan fingerprint density at radius 3 is 2.76 bits per heavy atom. The van der Waals surface area contributed by atoms with Crippen molar-refractivity contribution in [3.8, 4) is 16.3 Å². The predicted molar refractivity (Wildman–Crippen MR) is 98.5 cm³/mol. The molecular formula is C17H22N2O4S2. The van der Waals surface area contributed by atoms with E-state index in [4.69, 9.17) is 9.47 Å². The number of ether oxygens (including phenoxy) is 2. The van der Waals surface area contributed by atoms with Crippen molar-refractivity contribution < 1.29 is 17.9 Å². The zero-order valence-corrected chi connectivity index (χ0v) is 15.9. The zero-order valence-electron chi connectivity index (χ0n) is 14.3. The summed E-state index contributed by atoms with van der Waals surface area (Å²) in [5, 5.41) is 0.983. The number of benzene rings is 1. The summed E-state index contributed by atoms with van der Waals surface area (Å²) in [7, 11) is -3.27. The van der Waals surface area contributed by atoms with Crippen molar-refractivity contribution in [1.29, 1.82) is 0 Å². The minimum Gasteiger partial charge on any atom is -0.491 e. The van der Waals surface area contributed by atoms with Crippen molar-refractivity contribution in [3.63, 3.8) is 0 Å². The molecule has 1 fully saturated rings. The molecule has 0 radical (unpaired) electrons. The predicted octanol–water partition coefficient (Wildman–Crippen LogP) is 2.59. The molecule has 2 heterocycles. The lowest BCUT2D eigenvalue weighted by Crippen LogP contribution is -2.49. The molecule has 0 amide bonds. The van der Waals surface area contributed by atoms with E-state index in [1.165, 1.54) is 11.1 Å². The zero-order chi connectivity index (χ0) is 17.9. The van der Waals surface area contributed by atoms with Crippen LogP contribution in [0.25, 0.3) is 10.6 Å². The molecule has 2 unspecified atom stereocenters. The van der Waals surface area contributed by atoms with Crippen molar-refractivity contribution in [3.05, 3.63) is 35.3 Å². The van der Waals surface area contributed by atoms with Gasteiger partial charge in [0.2, 0.25) is 10.0 Å². The van der Waals surface area contributed by atoms with E-state index < -0.39 is 10.0 Å². The van der Waals surface area contributed by atoms with Gasteiger partial charge in [-0.3, -0.25) is 0 Å². The largest absolute Gasteiger partial charge is 0.491 e. The standard InChI is InChI=1S/C17H22N2O4S2/c1-12-10-18-17(24-12)13-5-7-14(8-6-13)23-11-16-15(4-3-9-22-16)19-25(2,20)21/h5-8,10,15-16,19H,3-4,9,11H2,1-2H3. The van der Waals surface area contributed by atoms with Crippen LogP contribution in [0.15, 0.2) is 30.5 Å². The lowest BCUT2D eigenvalue weighted by molar-refractivity contribution is -0.0278. The highest BCUT2D eigenvalue weighted by Gasteiger charge is 2.28. The van der Waals surface area contributed by atoms with Crippen molar-refractivity contribution >= 4 is 21.4 Å².